The van der Waals surface area contributed by atoms with Crippen molar-refractivity contribution in [3.8, 4) is 0 Å². The van der Waals surface area contributed by atoms with Gasteiger partial charge in [-0.2, -0.15) is 0 Å². The van der Waals surface area contributed by atoms with Crippen molar-refractivity contribution >= 4 is 16.9 Å². The Kier molecular flexibility index (Phi) is 4.05. The smallest absolute Gasteiger partial charge is 0.349 e. The number of aromatic nitrogens is 1. The topological polar surface area (TPSA) is 64.2 Å². The minimum absolute atomic E-state index is 0.0414. The molecule has 0 fully saturated rings. The fourth-order valence-corrected chi connectivity index (χ4v) is 2.30. The van der Waals surface area contributed by atoms with Crippen LogP contribution in [0.2, 0.25) is 0 Å². The van der Waals surface area contributed by atoms with Gasteiger partial charge in [-0.15, -0.1) is 0 Å². The average molecular weight is 296 g/mol. The summed E-state index contributed by atoms with van der Waals surface area (Å²) in [6.45, 7) is 1.32. The molecule has 3 aromatic rings. The van der Waals surface area contributed by atoms with E-state index in [0.717, 1.165) is 18.4 Å². The van der Waals surface area contributed by atoms with E-state index in [1.165, 1.54) is 0 Å². The summed E-state index contributed by atoms with van der Waals surface area (Å²) in [7, 11) is 0. The van der Waals surface area contributed by atoms with Crippen LogP contribution in [0.5, 0.6) is 0 Å². The Balaban J connectivity index is 1.64. The summed E-state index contributed by atoms with van der Waals surface area (Å²) in [6, 6.07) is 12.6. The Morgan fingerprint density at radius 2 is 1.91 bits per heavy atom. The van der Waals surface area contributed by atoms with Crippen LogP contribution >= 0.6 is 0 Å². The van der Waals surface area contributed by atoms with E-state index in [4.69, 9.17) is 4.42 Å². The van der Waals surface area contributed by atoms with Gasteiger partial charge < -0.3 is 14.3 Å². The van der Waals surface area contributed by atoms with Crippen LogP contribution < -0.4 is 10.9 Å². The average Bonchev–Trinajstić information content (AvgIpc) is 3.04. The first-order valence-corrected chi connectivity index (χ1v) is 7.16. The molecule has 0 aliphatic rings. The highest BCUT2D eigenvalue weighted by Crippen LogP contribution is 2.12. The van der Waals surface area contributed by atoms with E-state index in [-0.39, 0.29) is 5.56 Å². The van der Waals surface area contributed by atoms with E-state index in [2.05, 4.69) is 5.32 Å². The maximum Gasteiger partial charge on any atom is 0.349 e. The first-order valence-electron chi connectivity index (χ1n) is 7.16. The summed E-state index contributed by atoms with van der Waals surface area (Å²) in [6.07, 6.45) is 4.74. The highest BCUT2D eigenvalue weighted by molar-refractivity contribution is 5.96. The molecule has 0 aliphatic heterocycles. The van der Waals surface area contributed by atoms with Gasteiger partial charge in [-0.3, -0.25) is 4.79 Å². The van der Waals surface area contributed by atoms with Gasteiger partial charge >= 0.3 is 5.63 Å². The van der Waals surface area contributed by atoms with Crippen LogP contribution in [-0.2, 0) is 6.54 Å². The predicted molar refractivity (Wildman–Crippen MR) is 83.9 cm³/mol. The molecule has 0 unspecified atom stereocenters. The third-order valence-corrected chi connectivity index (χ3v) is 3.43. The second-order valence-corrected chi connectivity index (χ2v) is 5.02. The monoisotopic (exact) mass is 296 g/mol. The molecular weight excluding hydrogens is 280 g/mol. The normalized spacial score (nSPS) is 10.7. The summed E-state index contributed by atoms with van der Waals surface area (Å²) in [4.78, 5) is 24.0. The van der Waals surface area contributed by atoms with E-state index in [9.17, 15) is 9.59 Å². The zero-order valence-electron chi connectivity index (χ0n) is 12.0. The Bertz CT molecular complexity index is 834. The Labute approximate surface area is 127 Å². The molecule has 5 heteroatoms. The number of nitrogens with zero attached hydrogens (tertiary/aromatic N) is 1. The van der Waals surface area contributed by atoms with Crippen molar-refractivity contribution in [1.29, 1.82) is 0 Å². The van der Waals surface area contributed by atoms with Crippen LogP contribution in [0.4, 0.5) is 0 Å². The van der Waals surface area contributed by atoms with Gasteiger partial charge in [0.25, 0.3) is 5.91 Å². The molecule has 112 valence electrons. The molecule has 5 nitrogen and oxygen atoms in total. The van der Waals surface area contributed by atoms with Crippen molar-refractivity contribution < 1.29 is 9.21 Å². The van der Waals surface area contributed by atoms with Gasteiger partial charge in [-0.25, -0.2) is 4.79 Å². The molecular formula is C17H16N2O3. The second kappa shape index (κ2) is 6.30. The molecule has 0 saturated carbocycles. The van der Waals surface area contributed by atoms with E-state index >= 15 is 0 Å². The third-order valence-electron chi connectivity index (χ3n) is 3.43. The van der Waals surface area contributed by atoms with Crippen LogP contribution in [-0.4, -0.2) is 17.0 Å². The number of rotatable bonds is 5. The van der Waals surface area contributed by atoms with Gasteiger partial charge in [0.2, 0.25) is 0 Å². The number of carbonyl (C=O) groups is 1. The number of carbonyl (C=O) groups excluding carboxylic acids is 1. The lowest BCUT2D eigenvalue weighted by Crippen LogP contribution is -2.29. The minimum Gasteiger partial charge on any atom is -0.422 e. The first-order chi connectivity index (χ1) is 10.7. The van der Waals surface area contributed by atoms with Crippen molar-refractivity contribution in [2.24, 2.45) is 0 Å². The van der Waals surface area contributed by atoms with Gasteiger partial charge in [0.1, 0.15) is 11.1 Å². The summed E-state index contributed by atoms with van der Waals surface area (Å²) >= 11 is 0. The molecule has 1 N–H and O–H groups in total. The SMILES string of the molecule is O=C(NCCCn1cccc1)c1cc2ccccc2oc1=O. The van der Waals surface area contributed by atoms with E-state index in [0.29, 0.717) is 12.1 Å². The van der Waals surface area contributed by atoms with Crippen LogP contribution in [0.25, 0.3) is 11.0 Å². The molecule has 0 saturated heterocycles. The molecule has 0 aliphatic carbocycles. The number of para-hydroxylation sites is 1. The zero-order chi connectivity index (χ0) is 15.4. The molecule has 0 bridgehead atoms. The van der Waals surface area contributed by atoms with Crippen LogP contribution in [0, 0.1) is 0 Å². The fraction of sp³-hybridized carbons (Fsp3) is 0.176. The lowest BCUT2D eigenvalue weighted by molar-refractivity contribution is 0.0949. The number of fused-ring (bicyclic) bond motifs is 1. The number of aryl methyl sites for hydroxylation is 1. The molecule has 0 radical (unpaired) electrons. The Morgan fingerprint density at radius 3 is 2.73 bits per heavy atom. The number of amides is 1. The molecule has 0 atom stereocenters. The number of benzene rings is 1. The van der Waals surface area contributed by atoms with Crippen LogP contribution in [0.15, 0.2) is 64.1 Å². The van der Waals surface area contributed by atoms with Crippen molar-refractivity contribution in [1.82, 2.24) is 9.88 Å². The third kappa shape index (κ3) is 3.09. The van der Waals surface area contributed by atoms with Gasteiger partial charge in [-0.05, 0) is 30.7 Å². The molecule has 2 heterocycles. The highest BCUT2D eigenvalue weighted by atomic mass is 16.4. The summed E-state index contributed by atoms with van der Waals surface area (Å²) < 4.78 is 7.20. The molecule has 0 spiro atoms. The van der Waals surface area contributed by atoms with Gasteiger partial charge in [-0.1, -0.05) is 18.2 Å². The lowest BCUT2D eigenvalue weighted by atomic mass is 10.2. The first kappa shape index (κ1) is 14.1. The van der Waals surface area contributed by atoms with Crippen molar-refractivity contribution in [2.75, 3.05) is 6.54 Å². The van der Waals surface area contributed by atoms with Crippen LogP contribution in [0.1, 0.15) is 16.8 Å². The maximum atomic E-state index is 12.1. The standard InChI is InChI=1S/C17H16N2O3/c20-16(18-8-5-11-19-9-3-4-10-19)14-12-13-6-1-2-7-15(13)22-17(14)21/h1-4,6-7,9-10,12H,5,8,11H2,(H,18,20). The molecule has 2 aromatic heterocycles. The molecule has 1 aromatic carbocycles. The Hall–Kier alpha value is -2.82. The number of hydrogen-bond donors (Lipinski definition) is 1. The largest absolute Gasteiger partial charge is 0.422 e. The summed E-state index contributed by atoms with van der Waals surface area (Å²) in [5.74, 6) is -0.396. The van der Waals surface area contributed by atoms with Gasteiger partial charge in [0.05, 0.1) is 0 Å². The fourth-order valence-electron chi connectivity index (χ4n) is 2.30. The molecule has 22 heavy (non-hydrogen) atoms. The van der Waals surface area contributed by atoms with E-state index in [1.54, 1.807) is 24.3 Å². The van der Waals surface area contributed by atoms with Crippen molar-refractivity contribution in [3.63, 3.8) is 0 Å². The van der Waals surface area contributed by atoms with Gasteiger partial charge in [0.15, 0.2) is 0 Å². The van der Waals surface area contributed by atoms with Crippen molar-refractivity contribution in [2.45, 2.75) is 13.0 Å². The van der Waals surface area contributed by atoms with Gasteiger partial charge in [0, 0.05) is 30.9 Å². The quantitative estimate of drug-likeness (QED) is 0.581. The van der Waals surface area contributed by atoms with Crippen LogP contribution in [0.3, 0.4) is 0 Å². The maximum absolute atomic E-state index is 12.1. The lowest BCUT2D eigenvalue weighted by Gasteiger charge is -2.06. The summed E-state index contributed by atoms with van der Waals surface area (Å²) in [5.41, 5.74) is -0.0852. The highest BCUT2D eigenvalue weighted by Gasteiger charge is 2.12. The van der Waals surface area contributed by atoms with Crippen molar-refractivity contribution in [3.05, 3.63) is 70.8 Å². The summed E-state index contributed by atoms with van der Waals surface area (Å²) in [5, 5.41) is 3.49. The second-order valence-electron chi connectivity index (χ2n) is 5.02. The number of hydrogen-bond acceptors (Lipinski definition) is 3. The number of nitrogens with one attached hydrogen (secondary N) is 1. The van der Waals surface area contributed by atoms with E-state index < -0.39 is 11.5 Å². The molecule has 1 amide bonds. The Morgan fingerprint density at radius 1 is 1.14 bits per heavy atom. The minimum atomic E-state index is -0.610. The predicted octanol–water partition coefficient (Wildman–Crippen LogP) is 2.41. The molecule has 3 rings (SSSR count). The van der Waals surface area contributed by atoms with E-state index in [1.807, 2.05) is 35.2 Å². The zero-order valence-corrected chi connectivity index (χ0v) is 12.0.